The highest BCUT2D eigenvalue weighted by Crippen LogP contribution is 2.36. The van der Waals surface area contributed by atoms with Crippen molar-refractivity contribution in [3.05, 3.63) is 65.5 Å². The van der Waals surface area contributed by atoms with Crippen LogP contribution in [0, 0.1) is 0 Å². The Bertz CT molecular complexity index is 1130. The van der Waals surface area contributed by atoms with E-state index in [1.807, 2.05) is 46.8 Å². The summed E-state index contributed by atoms with van der Waals surface area (Å²) in [5.41, 5.74) is 1.12. The fourth-order valence-corrected chi connectivity index (χ4v) is 4.67. The SMILES string of the molecule is Cn1c(Cc2ccccc2)nnc1SCC(=O)Nc1cc(C(F)(F)F)ccc1N1CCCCC1. The molecular weight excluding hydrogens is 463 g/mol. The second-order valence-electron chi connectivity index (χ2n) is 8.23. The summed E-state index contributed by atoms with van der Waals surface area (Å²) in [5.74, 6) is 0.377. The molecular formula is C24H26F3N5OS. The first-order chi connectivity index (χ1) is 16.3. The molecule has 10 heteroatoms. The number of amides is 1. The lowest BCUT2D eigenvalue weighted by molar-refractivity contribution is -0.137. The minimum atomic E-state index is -4.48. The molecule has 6 nitrogen and oxygen atoms in total. The number of hydrogen-bond donors (Lipinski definition) is 1. The van der Waals surface area contributed by atoms with Crippen LogP contribution in [0.1, 0.15) is 36.2 Å². The Kier molecular flexibility index (Phi) is 7.45. The second-order valence-corrected chi connectivity index (χ2v) is 9.18. The van der Waals surface area contributed by atoms with Gasteiger partial charge in [0.2, 0.25) is 5.91 Å². The van der Waals surface area contributed by atoms with Crippen LogP contribution in [0.25, 0.3) is 0 Å². The van der Waals surface area contributed by atoms with E-state index in [1.165, 1.54) is 17.8 Å². The number of hydrogen-bond acceptors (Lipinski definition) is 5. The number of nitrogens with zero attached hydrogens (tertiary/aromatic N) is 4. The van der Waals surface area contributed by atoms with E-state index < -0.39 is 17.6 Å². The predicted octanol–water partition coefficient (Wildman–Crippen LogP) is 5.15. The Morgan fingerprint density at radius 2 is 1.79 bits per heavy atom. The maximum atomic E-state index is 13.3. The molecule has 1 fully saturated rings. The Balaban J connectivity index is 1.44. The zero-order valence-corrected chi connectivity index (χ0v) is 19.6. The van der Waals surface area contributed by atoms with E-state index in [9.17, 15) is 18.0 Å². The van der Waals surface area contributed by atoms with Crippen LogP contribution in [0.2, 0.25) is 0 Å². The summed E-state index contributed by atoms with van der Waals surface area (Å²) in [6, 6.07) is 13.4. The second kappa shape index (κ2) is 10.5. The molecule has 1 aliphatic rings. The number of carbonyl (C=O) groups excluding carboxylic acids is 1. The molecule has 0 atom stereocenters. The highest BCUT2D eigenvalue weighted by molar-refractivity contribution is 7.99. The molecule has 0 spiro atoms. The van der Waals surface area contributed by atoms with Crippen LogP contribution in [-0.2, 0) is 24.4 Å². The molecule has 2 heterocycles. The number of benzene rings is 2. The molecule has 4 rings (SSSR count). The summed E-state index contributed by atoms with van der Waals surface area (Å²) in [5, 5.41) is 11.7. The van der Waals surface area contributed by atoms with Gasteiger partial charge < -0.3 is 14.8 Å². The van der Waals surface area contributed by atoms with Crippen LogP contribution in [0.5, 0.6) is 0 Å². The molecule has 34 heavy (non-hydrogen) atoms. The third kappa shape index (κ3) is 5.91. The molecule has 1 aliphatic heterocycles. The molecule has 0 radical (unpaired) electrons. The molecule has 2 aromatic carbocycles. The number of carbonyl (C=O) groups is 1. The molecule has 3 aromatic rings. The monoisotopic (exact) mass is 489 g/mol. The summed E-state index contributed by atoms with van der Waals surface area (Å²) in [6.45, 7) is 1.51. The highest BCUT2D eigenvalue weighted by atomic mass is 32.2. The lowest BCUT2D eigenvalue weighted by Gasteiger charge is -2.31. The Labute approximate surface area is 200 Å². The van der Waals surface area contributed by atoms with E-state index in [0.29, 0.717) is 17.3 Å². The molecule has 1 aromatic heterocycles. The predicted molar refractivity (Wildman–Crippen MR) is 127 cm³/mol. The van der Waals surface area contributed by atoms with Gasteiger partial charge in [0.25, 0.3) is 0 Å². The first-order valence-electron chi connectivity index (χ1n) is 11.1. The first kappa shape index (κ1) is 24.1. The number of rotatable bonds is 7. The van der Waals surface area contributed by atoms with Crippen molar-refractivity contribution in [1.29, 1.82) is 0 Å². The highest BCUT2D eigenvalue weighted by Gasteiger charge is 2.32. The fraction of sp³-hybridized carbons (Fsp3) is 0.375. The minimum Gasteiger partial charge on any atom is -0.370 e. The van der Waals surface area contributed by atoms with Crippen LogP contribution < -0.4 is 10.2 Å². The third-order valence-electron chi connectivity index (χ3n) is 5.76. The molecule has 1 saturated heterocycles. The van der Waals surface area contributed by atoms with Crippen molar-refractivity contribution >= 4 is 29.0 Å². The van der Waals surface area contributed by atoms with Gasteiger partial charge in [-0.3, -0.25) is 4.79 Å². The quantitative estimate of drug-likeness (QED) is 0.466. The zero-order chi connectivity index (χ0) is 24.1. The number of nitrogens with one attached hydrogen (secondary N) is 1. The van der Waals surface area contributed by atoms with Crippen LogP contribution in [-0.4, -0.2) is 39.5 Å². The van der Waals surface area contributed by atoms with E-state index in [4.69, 9.17) is 0 Å². The molecule has 0 bridgehead atoms. The average Bonchev–Trinajstić information content (AvgIpc) is 3.17. The summed E-state index contributed by atoms with van der Waals surface area (Å²) < 4.78 is 41.7. The molecule has 0 saturated carbocycles. The van der Waals surface area contributed by atoms with Crippen molar-refractivity contribution in [2.45, 2.75) is 37.0 Å². The van der Waals surface area contributed by atoms with Crippen LogP contribution in [0.3, 0.4) is 0 Å². The van der Waals surface area contributed by atoms with Crippen molar-refractivity contribution in [2.75, 3.05) is 29.1 Å². The fourth-order valence-electron chi connectivity index (χ4n) is 3.94. The van der Waals surface area contributed by atoms with E-state index in [1.54, 1.807) is 0 Å². The summed E-state index contributed by atoms with van der Waals surface area (Å²) in [6.07, 6.45) is -0.828. The average molecular weight is 490 g/mol. The molecule has 1 N–H and O–H groups in total. The number of piperidine rings is 1. The zero-order valence-electron chi connectivity index (χ0n) is 18.8. The lowest BCUT2D eigenvalue weighted by atomic mass is 10.1. The minimum absolute atomic E-state index is 0.00694. The van der Waals surface area contributed by atoms with Crippen molar-refractivity contribution in [2.24, 2.45) is 7.05 Å². The number of alkyl halides is 3. The number of thioether (sulfide) groups is 1. The van der Waals surface area contributed by atoms with Gasteiger partial charge >= 0.3 is 6.18 Å². The maximum Gasteiger partial charge on any atom is 0.416 e. The lowest BCUT2D eigenvalue weighted by Crippen LogP contribution is -2.30. The van der Waals surface area contributed by atoms with E-state index in [-0.39, 0.29) is 11.4 Å². The largest absolute Gasteiger partial charge is 0.416 e. The number of anilines is 2. The normalized spacial score (nSPS) is 14.3. The molecule has 1 amide bonds. The third-order valence-corrected chi connectivity index (χ3v) is 6.78. The van der Waals surface area contributed by atoms with Crippen molar-refractivity contribution in [1.82, 2.24) is 14.8 Å². The van der Waals surface area contributed by atoms with Crippen LogP contribution >= 0.6 is 11.8 Å². The number of aromatic nitrogens is 3. The topological polar surface area (TPSA) is 63.1 Å². The number of halogens is 3. The molecule has 0 unspecified atom stereocenters. The standard InChI is InChI=1S/C24H26F3N5OS/c1-31-21(14-17-8-4-2-5-9-17)29-30-23(31)34-16-22(33)28-19-15-18(24(25,26)27)10-11-20(19)32-12-6-3-7-13-32/h2,4-5,8-11,15H,3,6-7,12-14,16H2,1H3,(H,28,33). The van der Waals surface area contributed by atoms with Gasteiger partial charge in [-0.25, -0.2) is 0 Å². The van der Waals surface area contributed by atoms with E-state index in [0.717, 1.165) is 55.9 Å². The van der Waals surface area contributed by atoms with Gasteiger partial charge in [-0.15, -0.1) is 10.2 Å². The maximum absolute atomic E-state index is 13.3. The van der Waals surface area contributed by atoms with Gasteiger partial charge in [-0.2, -0.15) is 13.2 Å². The molecule has 180 valence electrons. The van der Waals surface area contributed by atoms with Crippen LogP contribution in [0.4, 0.5) is 24.5 Å². The van der Waals surface area contributed by atoms with Gasteiger partial charge in [-0.1, -0.05) is 42.1 Å². The van der Waals surface area contributed by atoms with E-state index in [2.05, 4.69) is 15.5 Å². The summed E-state index contributed by atoms with van der Waals surface area (Å²) in [4.78, 5) is 14.7. The van der Waals surface area contributed by atoms with Crippen molar-refractivity contribution in [3.8, 4) is 0 Å². The van der Waals surface area contributed by atoms with Crippen LogP contribution in [0.15, 0.2) is 53.7 Å². The Morgan fingerprint density at radius 3 is 2.50 bits per heavy atom. The smallest absolute Gasteiger partial charge is 0.370 e. The van der Waals surface area contributed by atoms with Gasteiger partial charge in [0, 0.05) is 26.6 Å². The van der Waals surface area contributed by atoms with Crippen molar-refractivity contribution in [3.63, 3.8) is 0 Å². The molecule has 0 aliphatic carbocycles. The van der Waals surface area contributed by atoms with Gasteiger partial charge in [-0.05, 0) is 43.0 Å². The van der Waals surface area contributed by atoms with Crippen molar-refractivity contribution < 1.29 is 18.0 Å². The van der Waals surface area contributed by atoms with E-state index >= 15 is 0 Å². The van der Waals surface area contributed by atoms with Gasteiger partial charge in [0.05, 0.1) is 22.7 Å². The first-order valence-corrected chi connectivity index (χ1v) is 12.1. The van der Waals surface area contributed by atoms with Gasteiger partial charge in [0.1, 0.15) is 5.82 Å². The summed E-state index contributed by atoms with van der Waals surface area (Å²) >= 11 is 1.20. The Morgan fingerprint density at radius 1 is 1.06 bits per heavy atom. The summed E-state index contributed by atoms with van der Waals surface area (Å²) in [7, 11) is 1.83. The Hall–Kier alpha value is -3.01. The van der Waals surface area contributed by atoms with Gasteiger partial charge in [0.15, 0.2) is 5.16 Å².